The lowest BCUT2D eigenvalue weighted by Crippen LogP contribution is -2.38. The maximum atomic E-state index is 12.6. The van der Waals surface area contributed by atoms with Gasteiger partial charge in [-0.3, -0.25) is 9.59 Å². The lowest BCUT2D eigenvalue weighted by molar-refractivity contribution is -0.138. The number of fused-ring (bicyclic) bond motifs is 1. The number of nitrogens with zero attached hydrogens (tertiary/aromatic N) is 4. The van der Waals surface area contributed by atoms with Crippen LogP contribution in [0.1, 0.15) is 38.8 Å². The monoisotopic (exact) mass is 407 g/mol. The Morgan fingerprint density at radius 2 is 2.00 bits per heavy atom. The molecule has 1 fully saturated rings. The van der Waals surface area contributed by atoms with E-state index in [9.17, 15) is 9.59 Å². The molecule has 7 nitrogen and oxygen atoms in total. The zero-order chi connectivity index (χ0) is 21.6. The second-order valence-corrected chi connectivity index (χ2v) is 9.18. The summed E-state index contributed by atoms with van der Waals surface area (Å²) in [6.45, 7) is 9.27. The molecule has 0 saturated carbocycles. The van der Waals surface area contributed by atoms with Gasteiger partial charge in [0.1, 0.15) is 0 Å². The number of likely N-dealkylation sites (tertiary alicyclic amines) is 1. The third-order valence-corrected chi connectivity index (χ3v) is 5.86. The molecule has 1 N–H and O–H groups in total. The number of hydrogen-bond acceptors (Lipinski definition) is 4. The standard InChI is InChI=1S/C23H29N5O2/c1-15-19(13-24-26(5)21(15)29)25-17-6-7-20-16(12-17)8-11-28(20)18-9-10-27(14-18)22(30)23(2,3)4/h6-8,11-13,18,25H,9-10,14H2,1-5H3. The Morgan fingerprint density at radius 3 is 2.73 bits per heavy atom. The largest absolute Gasteiger partial charge is 0.354 e. The summed E-state index contributed by atoms with van der Waals surface area (Å²) in [5.74, 6) is 0.214. The Balaban J connectivity index is 1.56. The SMILES string of the molecule is Cc1c(Nc2ccc3c(ccn3C3CCN(C(=O)C(C)(C)C)C3)c2)cnn(C)c1=O. The molecule has 1 aromatic carbocycles. The highest BCUT2D eigenvalue weighted by atomic mass is 16.2. The maximum absolute atomic E-state index is 12.6. The van der Waals surface area contributed by atoms with E-state index in [1.54, 1.807) is 20.2 Å². The number of amides is 1. The molecule has 1 aliphatic rings. The molecule has 7 heteroatoms. The second kappa shape index (κ2) is 7.31. The summed E-state index contributed by atoms with van der Waals surface area (Å²) >= 11 is 0. The van der Waals surface area contributed by atoms with Crippen molar-refractivity contribution in [2.24, 2.45) is 12.5 Å². The second-order valence-electron chi connectivity index (χ2n) is 9.18. The van der Waals surface area contributed by atoms with E-state index in [0.717, 1.165) is 36.1 Å². The Labute approximate surface area is 176 Å². The lowest BCUT2D eigenvalue weighted by Gasteiger charge is -2.26. The molecule has 0 spiro atoms. The molecule has 1 atom stereocenters. The molecule has 1 unspecified atom stereocenters. The van der Waals surface area contributed by atoms with E-state index in [1.807, 2.05) is 31.7 Å². The van der Waals surface area contributed by atoms with Crippen molar-refractivity contribution in [3.8, 4) is 0 Å². The van der Waals surface area contributed by atoms with Gasteiger partial charge in [0, 0.05) is 53.9 Å². The molecule has 3 aromatic rings. The van der Waals surface area contributed by atoms with Crippen LogP contribution in [0, 0.1) is 12.3 Å². The molecular formula is C23H29N5O2. The first-order chi connectivity index (χ1) is 14.1. The highest BCUT2D eigenvalue weighted by Gasteiger charge is 2.33. The van der Waals surface area contributed by atoms with Crippen LogP contribution in [0.2, 0.25) is 0 Å². The Kier molecular flexibility index (Phi) is 4.92. The van der Waals surface area contributed by atoms with E-state index in [1.165, 1.54) is 4.68 Å². The molecule has 1 saturated heterocycles. The average Bonchev–Trinajstić information content (AvgIpc) is 3.33. The van der Waals surface area contributed by atoms with Crippen molar-refractivity contribution in [3.05, 3.63) is 52.6 Å². The van der Waals surface area contributed by atoms with Crippen molar-refractivity contribution in [3.63, 3.8) is 0 Å². The summed E-state index contributed by atoms with van der Waals surface area (Å²) in [7, 11) is 1.65. The zero-order valence-electron chi connectivity index (χ0n) is 18.3. The number of rotatable bonds is 3. The Bertz CT molecular complexity index is 1170. The topological polar surface area (TPSA) is 72.2 Å². The summed E-state index contributed by atoms with van der Waals surface area (Å²) in [6.07, 6.45) is 4.74. The van der Waals surface area contributed by atoms with E-state index in [4.69, 9.17) is 0 Å². The average molecular weight is 408 g/mol. The van der Waals surface area contributed by atoms with Crippen LogP contribution in [0.25, 0.3) is 10.9 Å². The number of aromatic nitrogens is 3. The molecule has 0 radical (unpaired) electrons. The van der Waals surface area contributed by atoms with Gasteiger partial charge in [0.25, 0.3) is 5.56 Å². The fourth-order valence-electron chi connectivity index (χ4n) is 4.12. The maximum Gasteiger partial charge on any atom is 0.271 e. The minimum Gasteiger partial charge on any atom is -0.354 e. The van der Waals surface area contributed by atoms with Gasteiger partial charge < -0.3 is 14.8 Å². The fraction of sp³-hybridized carbons (Fsp3) is 0.435. The third kappa shape index (κ3) is 3.60. The summed E-state index contributed by atoms with van der Waals surface area (Å²) < 4.78 is 3.61. The van der Waals surface area contributed by atoms with E-state index in [0.29, 0.717) is 11.3 Å². The van der Waals surface area contributed by atoms with Crippen LogP contribution in [0.3, 0.4) is 0 Å². The van der Waals surface area contributed by atoms with E-state index < -0.39 is 0 Å². The van der Waals surface area contributed by atoms with Crippen molar-refractivity contribution in [2.75, 3.05) is 18.4 Å². The van der Waals surface area contributed by atoms with Crippen LogP contribution in [0.4, 0.5) is 11.4 Å². The summed E-state index contributed by atoms with van der Waals surface area (Å²) in [6, 6.07) is 8.58. The lowest BCUT2D eigenvalue weighted by atomic mass is 9.95. The Hall–Kier alpha value is -3.09. The normalized spacial score (nSPS) is 17.0. The van der Waals surface area contributed by atoms with Crippen LogP contribution >= 0.6 is 0 Å². The first kappa shape index (κ1) is 20.2. The van der Waals surface area contributed by atoms with Crippen LogP contribution in [0.15, 0.2) is 41.5 Å². The van der Waals surface area contributed by atoms with Crippen molar-refractivity contribution >= 4 is 28.2 Å². The van der Waals surface area contributed by atoms with E-state index in [2.05, 4.69) is 39.4 Å². The first-order valence-electron chi connectivity index (χ1n) is 10.3. The van der Waals surface area contributed by atoms with Gasteiger partial charge in [-0.05, 0) is 37.6 Å². The van der Waals surface area contributed by atoms with Crippen LogP contribution < -0.4 is 10.9 Å². The van der Waals surface area contributed by atoms with Crippen LogP contribution in [-0.4, -0.2) is 38.2 Å². The highest BCUT2D eigenvalue weighted by Crippen LogP contribution is 2.31. The number of anilines is 2. The van der Waals surface area contributed by atoms with E-state index >= 15 is 0 Å². The number of hydrogen-bond donors (Lipinski definition) is 1. The molecule has 3 heterocycles. The molecule has 0 aliphatic carbocycles. The van der Waals surface area contributed by atoms with Crippen molar-refractivity contribution in [1.82, 2.24) is 19.2 Å². The molecule has 1 aliphatic heterocycles. The van der Waals surface area contributed by atoms with Crippen molar-refractivity contribution in [1.29, 1.82) is 0 Å². The number of nitrogens with one attached hydrogen (secondary N) is 1. The summed E-state index contributed by atoms with van der Waals surface area (Å²) in [5.41, 5.74) is 2.95. The molecule has 1 amide bonds. The molecule has 4 rings (SSSR count). The number of aryl methyl sites for hydroxylation is 1. The predicted octanol–water partition coefficient (Wildman–Crippen LogP) is 3.61. The minimum atomic E-state index is -0.348. The smallest absolute Gasteiger partial charge is 0.271 e. The molecule has 0 bridgehead atoms. The first-order valence-corrected chi connectivity index (χ1v) is 10.3. The van der Waals surface area contributed by atoms with Gasteiger partial charge in [-0.2, -0.15) is 5.10 Å². The third-order valence-electron chi connectivity index (χ3n) is 5.86. The molecule has 2 aromatic heterocycles. The zero-order valence-corrected chi connectivity index (χ0v) is 18.3. The fourth-order valence-corrected chi connectivity index (χ4v) is 4.12. The Morgan fingerprint density at radius 1 is 1.23 bits per heavy atom. The van der Waals surface area contributed by atoms with Crippen molar-refractivity contribution in [2.45, 2.75) is 40.2 Å². The van der Waals surface area contributed by atoms with Crippen LogP contribution in [-0.2, 0) is 11.8 Å². The van der Waals surface area contributed by atoms with Gasteiger partial charge in [0.05, 0.1) is 17.9 Å². The molecule has 158 valence electrons. The molecule has 30 heavy (non-hydrogen) atoms. The van der Waals surface area contributed by atoms with Gasteiger partial charge in [-0.25, -0.2) is 4.68 Å². The van der Waals surface area contributed by atoms with Gasteiger partial charge in [0.15, 0.2) is 0 Å². The quantitative estimate of drug-likeness (QED) is 0.720. The van der Waals surface area contributed by atoms with E-state index in [-0.39, 0.29) is 22.9 Å². The van der Waals surface area contributed by atoms with Crippen LogP contribution in [0.5, 0.6) is 0 Å². The van der Waals surface area contributed by atoms with Gasteiger partial charge >= 0.3 is 0 Å². The van der Waals surface area contributed by atoms with Gasteiger partial charge in [-0.15, -0.1) is 0 Å². The molecular weight excluding hydrogens is 378 g/mol. The number of carbonyl (C=O) groups is 1. The number of carbonyl (C=O) groups excluding carboxylic acids is 1. The number of benzene rings is 1. The predicted molar refractivity (Wildman–Crippen MR) is 119 cm³/mol. The highest BCUT2D eigenvalue weighted by molar-refractivity contribution is 5.85. The van der Waals surface area contributed by atoms with Gasteiger partial charge in [0.2, 0.25) is 5.91 Å². The van der Waals surface area contributed by atoms with Crippen molar-refractivity contribution < 1.29 is 4.79 Å². The summed E-state index contributed by atoms with van der Waals surface area (Å²) in [5, 5.41) is 8.53. The van der Waals surface area contributed by atoms with Gasteiger partial charge in [-0.1, -0.05) is 20.8 Å². The summed E-state index contributed by atoms with van der Waals surface area (Å²) in [4.78, 5) is 26.7. The minimum absolute atomic E-state index is 0.108.